The van der Waals surface area contributed by atoms with E-state index in [1.807, 2.05) is 0 Å². The Morgan fingerprint density at radius 3 is 1.16 bits per heavy atom. The Kier molecular flexibility index (Phi) is 10.1. The van der Waals surface area contributed by atoms with Crippen LogP contribution >= 0.6 is 0 Å². The van der Waals surface area contributed by atoms with E-state index in [1.165, 1.54) is 162 Å². The monoisotopic (exact) mass is 980 g/mol. The Labute approximate surface area is 441 Å². The number of para-hydroxylation sites is 4. The molecule has 12 aromatic carbocycles. The normalized spacial score (nSPS) is 15.0. The number of anilines is 4. The number of benzene rings is 12. The summed E-state index contributed by atoms with van der Waals surface area (Å²) in [6.07, 6.45) is 12.4. The molecule has 2 fully saturated rings. The van der Waals surface area contributed by atoms with Gasteiger partial charge in [-0.2, -0.15) is 0 Å². The lowest BCUT2D eigenvalue weighted by Crippen LogP contribution is -2.05. The second-order valence-electron chi connectivity index (χ2n) is 22.0. The molecule has 4 heteroatoms. The van der Waals surface area contributed by atoms with E-state index in [2.05, 4.69) is 205 Å². The van der Waals surface area contributed by atoms with Gasteiger partial charge in [0.05, 0.1) is 11.4 Å². The molecule has 14 aromatic rings. The second-order valence-corrected chi connectivity index (χ2v) is 22.0. The van der Waals surface area contributed by atoms with Crippen molar-refractivity contribution in [2.75, 3.05) is 10.6 Å². The molecular formula is C72H56N2O2. The first-order valence-corrected chi connectivity index (χ1v) is 27.9. The molecule has 0 atom stereocenters. The van der Waals surface area contributed by atoms with Gasteiger partial charge < -0.3 is 19.5 Å². The quantitative estimate of drug-likeness (QED) is 0.149. The number of furan rings is 2. The predicted octanol–water partition coefficient (Wildman–Crippen LogP) is 21.6. The highest BCUT2D eigenvalue weighted by molar-refractivity contribution is 6.32. The lowest BCUT2D eigenvalue weighted by atomic mass is 9.81. The summed E-state index contributed by atoms with van der Waals surface area (Å²) in [6.45, 7) is 0. The number of hydrogen-bond donors (Lipinski definition) is 2. The average Bonchev–Trinajstić information content (AvgIpc) is 4.15. The van der Waals surface area contributed by atoms with Crippen LogP contribution < -0.4 is 10.6 Å². The minimum Gasteiger partial charge on any atom is -0.454 e. The van der Waals surface area contributed by atoms with Gasteiger partial charge >= 0.3 is 0 Å². The molecule has 2 saturated carbocycles. The van der Waals surface area contributed by atoms with Crippen molar-refractivity contribution < 1.29 is 8.83 Å². The molecule has 0 aliphatic heterocycles. The van der Waals surface area contributed by atoms with E-state index >= 15 is 0 Å². The van der Waals surface area contributed by atoms with Crippen LogP contribution in [0.5, 0.6) is 0 Å². The summed E-state index contributed by atoms with van der Waals surface area (Å²) in [7, 11) is 0. The zero-order chi connectivity index (χ0) is 49.8. The van der Waals surface area contributed by atoms with Gasteiger partial charge in [-0.15, -0.1) is 0 Å². The van der Waals surface area contributed by atoms with Crippen LogP contribution in [0.4, 0.5) is 22.7 Å². The van der Waals surface area contributed by atoms with Crippen molar-refractivity contribution in [2.24, 2.45) is 0 Å². The number of fused-ring (bicyclic) bond motifs is 10. The van der Waals surface area contributed by atoms with Crippen LogP contribution in [0.1, 0.15) is 87.2 Å². The van der Waals surface area contributed by atoms with E-state index in [0.29, 0.717) is 11.8 Å². The van der Waals surface area contributed by atoms with Crippen LogP contribution in [0, 0.1) is 0 Å². The van der Waals surface area contributed by atoms with Gasteiger partial charge in [-0.25, -0.2) is 0 Å². The summed E-state index contributed by atoms with van der Waals surface area (Å²) < 4.78 is 14.5. The molecule has 0 unspecified atom stereocenters. The van der Waals surface area contributed by atoms with Gasteiger partial charge in [0.25, 0.3) is 0 Å². The summed E-state index contributed by atoms with van der Waals surface area (Å²) >= 11 is 0. The summed E-state index contributed by atoms with van der Waals surface area (Å²) in [4.78, 5) is 0. The van der Waals surface area contributed by atoms with E-state index in [-0.39, 0.29) is 0 Å². The third-order valence-corrected chi connectivity index (χ3v) is 17.7. The maximum atomic E-state index is 7.25. The standard InChI is InChI=1S/C72H56N2O2/c1-5-17-43(18-6-1)59-41-47-21-13-27-53(65(47)67-57-29-15-31-61(69(57)75-71(59)67)73-49-23-9-3-10-24-49)51-37-33-45-36-40-56-52(38-34-46-35-39-55(51)63(45)64(46)56)54-28-14-22-48-42-60(44-19-7-2-8-20-44)72-68(66(48)54)58-30-16-32-62(70(58)76-72)74-50-25-11-4-12-26-50/h3-4,9-16,21-44,73-74H,1-2,5-8,17-20H2. The molecule has 0 amide bonds. The van der Waals surface area contributed by atoms with Gasteiger partial charge in [-0.3, -0.25) is 0 Å². The maximum absolute atomic E-state index is 7.25. The smallest absolute Gasteiger partial charge is 0.158 e. The summed E-state index contributed by atoms with van der Waals surface area (Å²) in [6, 6.07) is 72.0. The van der Waals surface area contributed by atoms with Gasteiger partial charge in [-0.1, -0.05) is 184 Å². The van der Waals surface area contributed by atoms with Crippen molar-refractivity contribution in [2.45, 2.75) is 76.0 Å². The van der Waals surface area contributed by atoms with Crippen molar-refractivity contribution in [3.63, 3.8) is 0 Å². The minimum atomic E-state index is 0.470. The fraction of sp³-hybridized carbons (Fsp3) is 0.167. The summed E-state index contributed by atoms with van der Waals surface area (Å²) in [5.41, 5.74) is 15.6. The Hall–Kier alpha value is -8.60. The van der Waals surface area contributed by atoms with Gasteiger partial charge in [0, 0.05) is 43.7 Å². The van der Waals surface area contributed by atoms with Gasteiger partial charge in [0.15, 0.2) is 11.2 Å². The highest BCUT2D eigenvalue weighted by atomic mass is 16.3. The fourth-order valence-electron chi connectivity index (χ4n) is 14.3. The first-order valence-electron chi connectivity index (χ1n) is 27.9. The van der Waals surface area contributed by atoms with E-state index in [4.69, 9.17) is 8.83 Å². The van der Waals surface area contributed by atoms with Crippen LogP contribution in [0.25, 0.3) is 120 Å². The summed E-state index contributed by atoms with van der Waals surface area (Å²) in [5.74, 6) is 0.939. The molecule has 16 rings (SSSR count). The third-order valence-electron chi connectivity index (χ3n) is 17.7. The first-order chi connectivity index (χ1) is 37.7. The third kappa shape index (κ3) is 6.82. The Morgan fingerprint density at radius 2 is 0.711 bits per heavy atom. The molecule has 0 saturated heterocycles. The topological polar surface area (TPSA) is 50.3 Å². The Morgan fingerprint density at radius 1 is 0.289 bits per heavy atom. The van der Waals surface area contributed by atoms with Gasteiger partial charge in [-0.05, 0) is 163 Å². The molecule has 0 radical (unpaired) electrons. The van der Waals surface area contributed by atoms with Crippen LogP contribution in [0.15, 0.2) is 203 Å². The van der Waals surface area contributed by atoms with Crippen LogP contribution in [-0.4, -0.2) is 0 Å². The van der Waals surface area contributed by atoms with E-state index < -0.39 is 0 Å². The van der Waals surface area contributed by atoms with Crippen molar-refractivity contribution >= 4 is 120 Å². The number of nitrogens with one attached hydrogen (secondary N) is 2. The predicted molar refractivity (Wildman–Crippen MR) is 322 cm³/mol. The molecule has 76 heavy (non-hydrogen) atoms. The molecule has 2 heterocycles. The van der Waals surface area contributed by atoms with Gasteiger partial charge in [0.1, 0.15) is 11.2 Å². The molecule has 0 bridgehead atoms. The highest BCUT2D eigenvalue weighted by Crippen LogP contribution is 2.52. The van der Waals surface area contributed by atoms with E-state index in [9.17, 15) is 0 Å². The van der Waals surface area contributed by atoms with Crippen molar-refractivity contribution in [3.8, 4) is 22.3 Å². The summed E-state index contributed by atoms with van der Waals surface area (Å²) in [5, 5.41) is 24.9. The maximum Gasteiger partial charge on any atom is 0.158 e. The largest absolute Gasteiger partial charge is 0.454 e. The van der Waals surface area contributed by atoms with Crippen molar-refractivity contribution in [1.82, 2.24) is 0 Å². The molecule has 366 valence electrons. The molecule has 2 aromatic heterocycles. The van der Waals surface area contributed by atoms with Crippen molar-refractivity contribution in [1.29, 1.82) is 0 Å². The van der Waals surface area contributed by atoms with Crippen LogP contribution in [0.2, 0.25) is 0 Å². The lowest BCUT2D eigenvalue weighted by Gasteiger charge is -2.23. The first kappa shape index (κ1) is 43.8. The molecule has 2 aliphatic carbocycles. The second kappa shape index (κ2) is 17.5. The fourth-order valence-corrected chi connectivity index (χ4v) is 14.3. The number of hydrogen-bond acceptors (Lipinski definition) is 4. The highest BCUT2D eigenvalue weighted by Gasteiger charge is 2.28. The van der Waals surface area contributed by atoms with Crippen molar-refractivity contribution in [3.05, 3.63) is 205 Å². The minimum absolute atomic E-state index is 0.470. The van der Waals surface area contributed by atoms with Gasteiger partial charge in [0.2, 0.25) is 0 Å². The molecule has 2 N–H and O–H groups in total. The lowest BCUT2D eigenvalue weighted by molar-refractivity contribution is 0.442. The zero-order valence-corrected chi connectivity index (χ0v) is 42.5. The molecule has 0 spiro atoms. The average molecular weight is 981 g/mol. The van der Waals surface area contributed by atoms with E-state index in [0.717, 1.165) is 55.9 Å². The number of rotatable bonds is 8. The zero-order valence-electron chi connectivity index (χ0n) is 42.5. The molecule has 4 nitrogen and oxygen atoms in total. The Balaban J connectivity index is 0.923. The SMILES string of the molecule is c1ccc(Nc2cccc3c2oc2c(C4CCCCC4)cc4cccc(-c5ccc6ccc7c(-c8cccc9cc(C%10CCCCC%10)c%10oc%11c(Nc%12ccccc%12)cccc%11c%10c89)ccc8ccc5c6c87)c4c23)cc1. The Bertz CT molecular complexity index is 4300. The van der Waals surface area contributed by atoms with Crippen LogP contribution in [-0.2, 0) is 0 Å². The molecule has 2 aliphatic rings. The molecular weight excluding hydrogens is 925 g/mol. The van der Waals surface area contributed by atoms with Crippen LogP contribution in [0.3, 0.4) is 0 Å². The van der Waals surface area contributed by atoms with E-state index in [1.54, 1.807) is 0 Å².